The number of benzene rings is 2. The largest absolute Gasteiger partial charge is 0.397 e. The quantitative estimate of drug-likeness (QED) is 0.219. The minimum Gasteiger partial charge on any atom is -0.397 e. The molecule has 0 bridgehead atoms. The lowest BCUT2D eigenvalue weighted by atomic mass is 10.2. The fourth-order valence-electron chi connectivity index (χ4n) is 2.02. The predicted octanol–water partition coefficient (Wildman–Crippen LogP) is 0.309. The van der Waals surface area contributed by atoms with Crippen molar-refractivity contribution in [3.63, 3.8) is 0 Å². The molecule has 0 aliphatic heterocycles. The van der Waals surface area contributed by atoms with E-state index in [0.29, 0.717) is 6.07 Å². The molecule has 2 aromatic carbocycles. The van der Waals surface area contributed by atoms with Crippen LogP contribution in [-0.4, -0.2) is 35.7 Å². The lowest BCUT2D eigenvalue weighted by molar-refractivity contribution is 0.387. The third-order valence-corrected chi connectivity index (χ3v) is 5.80. The molecule has 11 nitrogen and oxygen atoms in total. The SMILES string of the molecule is Nc1cccc(P(=O)(O)O)c1Nc1cc(S(=O)(=O)O)cc(S(=O)(=O)O)c1. The van der Waals surface area contributed by atoms with Crippen LogP contribution in [0.5, 0.6) is 0 Å². The van der Waals surface area contributed by atoms with Gasteiger partial charge >= 0.3 is 7.60 Å². The van der Waals surface area contributed by atoms with Crippen molar-refractivity contribution >= 4 is 50.2 Å². The van der Waals surface area contributed by atoms with Gasteiger partial charge in [-0.25, -0.2) is 0 Å². The first-order chi connectivity index (χ1) is 11.7. The molecule has 14 heteroatoms. The molecule has 0 heterocycles. The molecule has 7 N–H and O–H groups in total. The van der Waals surface area contributed by atoms with Crippen molar-refractivity contribution in [2.24, 2.45) is 0 Å². The fraction of sp³-hybridized carbons (Fsp3) is 0. The lowest BCUT2D eigenvalue weighted by Gasteiger charge is -2.16. The van der Waals surface area contributed by atoms with E-state index in [2.05, 4.69) is 5.32 Å². The summed E-state index contributed by atoms with van der Waals surface area (Å²) in [7, 11) is -14.5. The fourth-order valence-corrected chi connectivity index (χ4v) is 3.96. The molecule has 0 amide bonds. The molecule has 0 saturated heterocycles. The Morgan fingerprint density at radius 3 is 1.85 bits per heavy atom. The van der Waals surface area contributed by atoms with Crippen LogP contribution < -0.4 is 16.4 Å². The van der Waals surface area contributed by atoms with Gasteiger partial charge in [-0.2, -0.15) is 16.8 Å². The normalized spacial score (nSPS) is 12.8. The molecule has 2 rings (SSSR count). The van der Waals surface area contributed by atoms with Crippen LogP contribution in [0.25, 0.3) is 0 Å². The van der Waals surface area contributed by atoms with Gasteiger partial charge in [0.25, 0.3) is 20.2 Å². The minimum atomic E-state index is -4.85. The van der Waals surface area contributed by atoms with Gasteiger partial charge in [0.15, 0.2) is 0 Å². The number of rotatable bonds is 5. The Morgan fingerprint density at radius 1 is 0.923 bits per heavy atom. The number of hydrogen-bond acceptors (Lipinski definition) is 7. The number of para-hydroxylation sites is 1. The van der Waals surface area contributed by atoms with Crippen LogP contribution in [0, 0.1) is 0 Å². The van der Waals surface area contributed by atoms with E-state index in [4.69, 9.17) is 14.8 Å². The molecule has 0 fully saturated rings. The van der Waals surface area contributed by atoms with Crippen LogP contribution in [0.1, 0.15) is 0 Å². The highest BCUT2D eigenvalue weighted by Gasteiger charge is 2.24. The average molecular weight is 424 g/mol. The molecule has 0 aliphatic rings. The smallest absolute Gasteiger partial charge is 0.358 e. The highest BCUT2D eigenvalue weighted by atomic mass is 32.2. The highest BCUT2D eigenvalue weighted by molar-refractivity contribution is 7.86. The topological polar surface area (TPSA) is 204 Å². The van der Waals surface area contributed by atoms with E-state index < -0.39 is 42.9 Å². The summed E-state index contributed by atoms with van der Waals surface area (Å²) >= 11 is 0. The van der Waals surface area contributed by atoms with E-state index >= 15 is 0 Å². The zero-order valence-corrected chi connectivity index (χ0v) is 15.2. The average Bonchev–Trinajstić information content (AvgIpc) is 2.46. The molecule has 0 atom stereocenters. The zero-order chi connectivity index (χ0) is 19.9. The third-order valence-electron chi connectivity index (χ3n) is 3.13. The second kappa shape index (κ2) is 6.63. The summed E-state index contributed by atoms with van der Waals surface area (Å²) in [4.78, 5) is 17.0. The summed E-state index contributed by atoms with van der Waals surface area (Å²) in [5.41, 5.74) is 4.93. The second-order valence-electron chi connectivity index (χ2n) is 5.05. The molecule has 26 heavy (non-hydrogen) atoms. The zero-order valence-electron chi connectivity index (χ0n) is 12.6. The number of hydrogen-bond donors (Lipinski definition) is 6. The van der Waals surface area contributed by atoms with Gasteiger partial charge < -0.3 is 20.8 Å². The Morgan fingerprint density at radius 2 is 1.42 bits per heavy atom. The minimum absolute atomic E-state index is 0.128. The summed E-state index contributed by atoms with van der Waals surface area (Å²) in [6.07, 6.45) is 0. The van der Waals surface area contributed by atoms with E-state index in [-0.39, 0.29) is 17.1 Å². The number of nitrogens with two attached hydrogens (primary N) is 1. The summed E-state index contributed by atoms with van der Waals surface area (Å²) in [5, 5.41) is 1.88. The molecule has 0 aromatic heterocycles. The van der Waals surface area contributed by atoms with Gasteiger partial charge in [0.2, 0.25) is 0 Å². The van der Waals surface area contributed by atoms with Crippen molar-refractivity contribution in [3.05, 3.63) is 36.4 Å². The molecular formula is C12H13N2O9PS2. The molecule has 0 aliphatic carbocycles. The van der Waals surface area contributed by atoms with Gasteiger partial charge in [-0.15, -0.1) is 0 Å². The van der Waals surface area contributed by atoms with E-state index in [1.54, 1.807) is 0 Å². The Balaban J connectivity index is 2.71. The molecule has 0 saturated carbocycles. The van der Waals surface area contributed by atoms with Crippen LogP contribution in [0.2, 0.25) is 0 Å². The molecule has 142 valence electrons. The van der Waals surface area contributed by atoms with Gasteiger partial charge in [-0.05, 0) is 30.3 Å². The number of anilines is 3. The van der Waals surface area contributed by atoms with Gasteiger partial charge in [0.05, 0.1) is 26.5 Å². The molecule has 0 unspecified atom stereocenters. The van der Waals surface area contributed by atoms with E-state index in [1.807, 2.05) is 0 Å². The summed E-state index contributed by atoms with van der Waals surface area (Å²) < 4.78 is 75.1. The first kappa shape index (κ1) is 20.3. The monoisotopic (exact) mass is 424 g/mol. The first-order valence-electron chi connectivity index (χ1n) is 6.51. The molecular weight excluding hydrogens is 411 g/mol. The van der Waals surface area contributed by atoms with E-state index in [1.165, 1.54) is 12.1 Å². The summed E-state index contributed by atoms with van der Waals surface area (Å²) in [5.74, 6) is 0. The molecule has 0 spiro atoms. The van der Waals surface area contributed by atoms with Gasteiger partial charge in [-0.1, -0.05) is 6.07 Å². The van der Waals surface area contributed by atoms with Gasteiger partial charge in [-0.3, -0.25) is 13.7 Å². The molecule has 0 radical (unpaired) electrons. The van der Waals surface area contributed by atoms with Crippen LogP contribution in [0.3, 0.4) is 0 Å². The Hall–Kier alpha value is -1.99. The van der Waals surface area contributed by atoms with Gasteiger partial charge in [0.1, 0.15) is 0 Å². The molecule has 2 aromatic rings. The maximum Gasteiger partial charge on any atom is 0.358 e. The van der Waals surface area contributed by atoms with Crippen LogP contribution in [-0.2, 0) is 24.8 Å². The third kappa shape index (κ3) is 4.59. The Labute approximate surface area is 148 Å². The van der Waals surface area contributed by atoms with Crippen LogP contribution in [0.4, 0.5) is 17.1 Å². The van der Waals surface area contributed by atoms with Crippen LogP contribution >= 0.6 is 7.60 Å². The maximum absolute atomic E-state index is 11.6. The highest BCUT2D eigenvalue weighted by Crippen LogP contribution is 2.39. The maximum atomic E-state index is 11.6. The van der Waals surface area contributed by atoms with Crippen molar-refractivity contribution in [3.8, 4) is 0 Å². The Bertz CT molecular complexity index is 1070. The Kier molecular flexibility index (Phi) is 5.18. The number of nitrogen functional groups attached to an aromatic ring is 1. The lowest BCUT2D eigenvalue weighted by Crippen LogP contribution is -2.13. The standard InChI is InChI=1S/C12H13N2O9PS2/c13-10-2-1-3-11(24(15,16)17)12(10)14-7-4-8(25(18,19)20)6-9(5-7)26(21,22)23/h1-6,14H,13H2,(H2,15,16,17)(H,18,19,20)(H,21,22,23). The predicted molar refractivity (Wildman–Crippen MR) is 91.9 cm³/mol. The summed E-state index contributed by atoms with van der Waals surface area (Å²) in [6.45, 7) is 0. The van der Waals surface area contributed by atoms with Crippen molar-refractivity contribution in [2.75, 3.05) is 11.1 Å². The van der Waals surface area contributed by atoms with Crippen molar-refractivity contribution in [2.45, 2.75) is 9.79 Å². The van der Waals surface area contributed by atoms with E-state index in [9.17, 15) is 31.2 Å². The van der Waals surface area contributed by atoms with E-state index in [0.717, 1.165) is 18.2 Å². The van der Waals surface area contributed by atoms with Crippen molar-refractivity contribution in [1.82, 2.24) is 0 Å². The second-order valence-corrected chi connectivity index (χ2v) is 9.47. The summed E-state index contributed by atoms with van der Waals surface area (Å²) in [6, 6.07) is 5.72. The van der Waals surface area contributed by atoms with Gasteiger partial charge in [0, 0.05) is 5.69 Å². The van der Waals surface area contributed by atoms with Crippen molar-refractivity contribution in [1.29, 1.82) is 0 Å². The first-order valence-corrected chi connectivity index (χ1v) is 11.0. The van der Waals surface area contributed by atoms with Crippen molar-refractivity contribution < 1.29 is 40.3 Å². The van der Waals surface area contributed by atoms with Crippen LogP contribution in [0.15, 0.2) is 46.2 Å². The number of nitrogens with one attached hydrogen (secondary N) is 1.